The van der Waals surface area contributed by atoms with Gasteiger partial charge in [-0.3, -0.25) is 0 Å². The van der Waals surface area contributed by atoms with Gasteiger partial charge in [-0.15, -0.1) is 0 Å². The van der Waals surface area contributed by atoms with E-state index < -0.39 is 15.1 Å². The summed E-state index contributed by atoms with van der Waals surface area (Å²) in [5.74, 6) is 0. The van der Waals surface area contributed by atoms with Crippen LogP contribution in [0.15, 0.2) is 0 Å². The van der Waals surface area contributed by atoms with Gasteiger partial charge in [0.05, 0.1) is 0 Å². The monoisotopic (exact) mass is 318 g/mol. The number of unbranched alkanes of at least 4 members (excludes halogenated alkanes) is 6. The van der Waals surface area contributed by atoms with Crippen LogP contribution in [0.5, 0.6) is 0 Å². The van der Waals surface area contributed by atoms with Crippen LogP contribution in [0.2, 0.25) is 0 Å². The molecular weight excluding hydrogens is 291 g/mol. The maximum atomic E-state index is 11.1. The molecule has 1 unspecified atom stereocenters. The third-order valence-electron chi connectivity index (χ3n) is 3.31. The normalized spacial score (nSPS) is 14.7. The predicted octanol–water partition coefficient (Wildman–Crippen LogP) is 0.165. The van der Waals surface area contributed by atoms with Crippen LogP contribution in [0.4, 0.5) is 0 Å². The summed E-state index contributed by atoms with van der Waals surface area (Å²) >= 11 is 0. The molecule has 0 fully saturated rings. The van der Waals surface area contributed by atoms with E-state index >= 15 is 0 Å². The van der Waals surface area contributed by atoms with Crippen LogP contribution in [-0.2, 0) is 10.1 Å². The van der Waals surface area contributed by atoms with Crippen LogP contribution < -0.4 is 51.4 Å². The van der Waals surface area contributed by atoms with Crippen molar-refractivity contribution in [2.75, 3.05) is 0 Å². The Morgan fingerprint density at radius 1 is 0.895 bits per heavy atom. The molecule has 0 amide bonds. The third kappa shape index (κ3) is 9.95. The van der Waals surface area contributed by atoms with Gasteiger partial charge in [0, 0.05) is 0 Å². The molecule has 0 aromatic rings. The van der Waals surface area contributed by atoms with Crippen molar-refractivity contribution in [2.24, 2.45) is 0 Å². The molecule has 0 heterocycles. The molecule has 110 valence electrons. The van der Waals surface area contributed by atoms with Gasteiger partial charge in [0.1, 0.15) is 10.1 Å². The minimum Gasteiger partial charge on any atom is -0.746 e. The van der Waals surface area contributed by atoms with Crippen molar-refractivity contribution in [1.29, 1.82) is 0 Å². The Morgan fingerprint density at radius 3 is 1.79 bits per heavy atom. The molecule has 0 aliphatic carbocycles. The van der Waals surface area contributed by atoms with E-state index in [-0.39, 0.29) is 64.2 Å². The molecule has 1 N–H and O–H groups in total. The largest absolute Gasteiger partial charge is 1.00 e. The van der Waals surface area contributed by atoms with E-state index in [0.29, 0.717) is 12.8 Å². The van der Waals surface area contributed by atoms with Gasteiger partial charge in [0.2, 0.25) is 0 Å². The Balaban J connectivity index is 0. The zero-order valence-electron chi connectivity index (χ0n) is 12.7. The average Bonchev–Trinajstić information content (AvgIpc) is 2.29. The van der Waals surface area contributed by atoms with Gasteiger partial charge in [0.25, 0.3) is 0 Å². The number of hydrogen-bond acceptors (Lipinski definition) is 4. The molecule has 4 nitrogen and oxygen atoms in total. The van der Waals surface area contributed by atoms with Crippen LogP contribution in [0, 0.1) is 0 Å². The van der Waals surface area contributed by atoms with Crippen molar-refractivity contribution in [1.82, 2.24) is 0 Å². The Bertz CT molecular complexity index is 306. The molecule has 6 heteroatoms. The molecule has 0 bridgehead atoms. The minimum atomic E-state index is -4.63. The fourth-order valence-corrected chi connectivity index (χ4v) is 2.80. The summed E-state index contributed by atoms with van der Waals surface area (Å²) in [4.78, 5) is -2.05. The van der Waals surface area contributed by atoms with E-state index in [0.717, 1.165) is 32.1 Å². The SMILES string of the molecule is CCCCCCCCC(O)(CCCC)S(=O)(=O)[O-].[K+]. The van der Waals surface area contributed by atoms with Crippen LogP contribution in [0.1, 0.15) is 78.1 Å². The maximum Gasteiger partial charge on any atom is 1.00 e. The summed E-state index contributed by atoms with van der Waals surface area (Å²) in [6, 6.07) is 0. The van der Waals surface area contributed by atoms with E-state index in [2.05, 4.69) is 6.92 Å². The van der Waals surface area contributed by atoms with E-state index in [1.165, 1.54) is 6.42 Å². The van der Waals surface area contributed by atoms with Gasteiger partial charge in [-0.2, -0.15) is 0 Å². The Hall–Kier alpha value is 1.51. The molecule has 0 aliphatic heterocycles. The second-order valence-corrected chi connectivity index (χ2v) is 6.69. The zero-order chi connectivity index (χ0) is 14.1. The number of hydrogen-bond donors (Lipinski definition) is 1. The molecule has 0 aromatic heterocycles. The number of aliphatic hydroxyl groups is 1. The van der Waals surface area contributed by atoms with Gasteiger partial charge in [-0.25, -0.2) is 8.42 Å². The predicted molar refractivity (Wildman–Crippen MR) is 72.2 cm³/mol. The van der Waals surface area contributed by atoms with E-state index in [1.54, 1.807) is 0 Å². The molecule has 19 heavy (non-hydrogen) atoms. The Labute approximate surface area is 160 Å². The first-order chi connectivity index (χ1) is 8.37. The van der Waals surface area contributed by atoms with Crippen LogP contribution in [-0.4, -0.2) is 23.0 Å². The number of rotatable bonds is 11. The molecule has 0 spiro atoms. The topological polar surface area (TPSA) is 77.4 Å². The van der Waals surface area contributed by atoms with Crippen LogP contribution in [0.3, 0.4) is 0 Å². The summed E-state index contributed by atoms with van der Waals surface area (Å²) in [7, 11) is -4.63. The average molecular weight is 319 g/mol. The molecule has 0 rings (SSSR count). The first-order valence-corrected chi connectivity index (χ1v) is 8.46. The zero-order valence-corrected chi connectivity index (χ0v) is 16.6. The van der Waals surface area contributed by atoms with Gasteiger partial charge in [-0.05, 0) is 25.7 Å². The van der Waals surface area contributed by atoms with E-state index in [4.69, 9.17) is 0 Å². The first kappa shape index (κ1) is 22.8. The van der Waals surface area contributed by atoms with Gasteiger partial charge in [-0.1, -0.05) is 52.4 Å². The molecule has 0 aromatic carbocycles. The minimum absolute atomic E-state index is 0. The molecular formula is C13H27KO4S. The van der Waals surface area contributed by atoms with Gasteiger partial charge >= 0.3 is 51.4 Å². The second kappa shape index (κ2) is 12.1. The molecule has 0 saturated heterocycles. The van der Waals surface area contributed by atoms with Crippen molar-refractivity contribution < 1.29 is 69.5 Å². The summed E-state index contributed by atoms with van der Waals surface area (Å²) in [6.45, 7) is 4.04. The van der Waals surface area contributed by atoms with E-state index in [1.807, 2.05) is 6.92 Å². The first-order valence-electron chi connectivity index (χ1n) is 7.05. The maximum absolute atomic E-state index is 11.1. The van der Waals surface area contributed by atoms with E-state index in [9.17, 15) is 18.1 Å². The fraction of sp³-hybridized carbons (Fsp3) is 1.00. The summed E-state index contributed by atoms with van der Waals surface area (Å²) < 4.78 is 33.4. The molecule has 0 radical (unpaired) electrons. The molecule has 0 aliphatic rings. The van der Waals surface area contributed by atoms with Crippen LogP contribution >= 0.6 is 0 Å². The van der Waals surface area contributed by atoms with Crippen LogP contribution in [0.25, 0.3) is 0 Å². The standard InChI is InChI=1S/C13H28O4S.K/c1-3-5-7-8-9-10-12-13(14,11-6-4-2)18(15,16)17;/h14H,3-12H2,1-2H3,(H,15,16,17);/q;+1/p-1. The summed E-state index contributed by atoms with van der Waals surface area (Å²) in [5, 5.41) is 9.98. The smallest absolute Gasteiger partial charge is 0.746 e. The summed E-state index contributed by atoms with van der Waals surface area (Å²) in [6.07, 6.45) is 7.46. The summed E-state index contributed by atoms with van der Waals surface area (Å²) in [5.41, 5.74) is 0. The van der Waals surface area contributed by atoms with Gasteiger partial charge < -0.3 is 9.66 Å². The van der Waals surface area contributed by atoms with Crippen molar-refractivity contribution >= 4 is 10.1 Å². The quantitative estimate of drug-likeness (QED) is 0.334. The third-order valence-corrected chi connectivity index (χ3v) is 4.65. The Morgan fingerprint density at radius 2 is 1.32 bits per heavy atom. The Kier molecular flexibility index (Phi) is 14.5. The van der Waals surface area contributed by atoms with Crippen molar-refractivity contribution in [3.8, 4) is 0 Å². The van der Waals surface area contributed by atoms with Crippen molar-refractivity contribution in [2.45, 2.75) is 83.0 Å². The van der Waals surface area contributed by atoms with Crippen molar-refractivity contribution in [3.05, 3.63) is 0 Å². The fourth-order valence-electron chi connectivity index (χ4n) is 2.01. The van der Waals surface area contributed by atoms with Crippen molar-refractivity contribution in [3.63, 3.8) is 0 Å². The second-order valence-electron chi connectivity index (χ2n) is 5.02. The van der Waals surface area contributed by atoms with Gasteiger partial charge in [0.15, 0.2) is 4.93 Å². The molecule has 0 saturated carbocycles. The molecule has 1 atom stereocenters.